The third-order valence-electron chi connectivity index (χ3n) is 3.84. The summed E-state index contributed by atoms with van der Waals surface area (Å²) in [6, 6.07) is 18.0. The first-order valence-electron chi connectivity index (χ1n) is 6.84. The van der Waals surface area contributed by atoms with Crippen molar-refractivity contribution in [3.05, 3.63) is 70.2 Å². The molecule has 0 N–H and O–H groups in total. The Labute approximate surface area is 127 Å². The molecule has 0 unspecified atom stereocenters. The van der Waals surface area contributed by atoms with Crippen LogP contribution in [-0.4, -0.2) is 23.9 Å². The van der Waals surface area contributed by atoms with Crippen LogP contribution in [0.2, 0.25) is 0 Å². The highest BCUT2D eigenvalue weighted by molar-refractivity contribution is 9.10. The third-order valence-corrected chi connectivity index (χ3v) is 4.37. The molecule has 1 fully saturated rings. The Morgan fingerprint density at radius 3 is 2.45 bits per heavy atom. The zero-order valence-electron chi connectivity index (χ0n) is 11.1. The summed E-state index contributed by atoms with van der Waals surface area (Å²) >= 11 is 3.39. The van der Waals surface area contributed by atoms with E-state index in [2.05, 4.69) is 40.2 Å². The second-order valence-corrected chi connectivity index (χ2v) is 6.07. The monoisotopic (exact) mass is 329 g/mol. The van der Waals surface area contributed by atoms with E-state index >= 15 is 0 Å². The van der Waals surface area contributed by atoms with Gasteiger partial charge < -0.3 is 4.90 Å². The molecule has 1 aliphatic heterocycles. The summed E-state index contributed by atoms with van der Waals surface area (Å²) in [4.78, 5) is 14.4. The Morgan fingerprint density at radius 2 is 1.75 bits per heavy atom. The number of carbonyl (C=O) groups excluding carboxylic acids is 1. The van der Waals surface area contributed by atoms with Crippen molar-refractivity contribution in [2.75, 3.05) is 13.1 Å². The fourth-order valence-electron chi connectivity index (χ4n) is 2.72. The van der Waals surface area contributed by atoms with Crippen molar-refractivity contribution in [1.82, 2.24) is 4.90 Å². The van der Waals surface area contributed by atoms with Gasteiger partial charge in [0.05, 0.1) is 0 Å². The van der Waals surface area contributed by atoms with Gasteiger partial charge in [0.25, 0.3) is 5.91 Å². The lowest BCUT2D eigenvalue weighted by Crippen LogP contribution is -2.28. The maximum Gasteiger partial charge on any atom is 0.253 e. The molecule has 1 amide bonds. The zero-order chi connectivity index (χ0) is 13.9. The fourth-order valence-corrected chi connectivity index (χ4v) is 2.98. The first kappa shape index (κ1) is 13.4. The number of halogens is 1. The standard InChI is InChI=1S/C17H16BrNO/c18-16-8-6-14(7-9-16)17(20)19-11-10-15(12-19)13-4-2-1-3-5-13/h1-9,15H,10-12H2/t15-/m0/s1. The first-order chi connectivity index (χ1) is 9.74. The van der Waals surface area contributed by atoms with Gasteiger partial charge in [0.1, 0.15) is 0 Å². The molecule has 3 heteroatoms. The Balaban J connectivity index is 1.71. The minimum atomic E-state index is 0.135. The van der Waals surface area contributed by atoms with Gasteiger partial charge in [-0.05, 0) is 36.2 Å². The SMILES string of the molecule is O=C(c1ccc(Br)cc1)N1CC[C@H](c2ccccc2)C1. The van der Waals surface area contributed by atoms with Gasteiger partial charge in [-0.1, -0.05) is 46.3 Å². The smallest absolute Gasteiger partial charge is 0.253 e. The van der Waals surface area contributed by atoms with Crippen LogP contribution in [0.25, 0.3) is 0 Å². The molecular weight excluding hydrogens is 314 g/mol. The van der Waals surface area contributed by atoms with Crippen molar-refractivity contribution in [3.63, 3.8) is 0 Å². The predicted octanol–water partition coefficient (Wildman–Crippen LogP) is 4.08. The normalized spacial score (nSPS) is 18.2. The lowest BCUT2D eigenvalue weighted by Gasteiger charge is -2.17. The second kappa shape index (κ2) is 5.80. The quantitative estimate of drug-likeness (QED) is 0.812. The summed E-state index contributed by atoms with van der Waals surface area (Å²) in [7, 11) is 0. The van der Waals surface area contributed by atoms with E-state index in [9.17, 15) is 4.79 Å². The summed E-state index contributed by atoms with van der Waals surface area (Å²) in [6.45, 7) is 1.66. The number of likely N-dealkylation sites (tertiary alicyclic amines) is 1. The highest BCUT2D eigenvalue weighted by Crippen LogP contribution is 2.28. The van der Waals surface area contributed by atoms with Gasteiger partial charge in [0.15, 0.2) is 0 Å². The van der Waals surface area contributed by atoms with E-state index in [1.54, 1.807) is 0 Å². The van der Waals surface area contributed by atoms with Crippen LogP contribution in [0.1, 0.15) is 28.3 Å². The minimum absolute atomic E-state index is 0.135. The van der Waals surface area contributed by atoms with Crippen LogP contribution in [0.15, 0.2) is 59.1 Å². The molecule has 2 aromatic carbocycles. The molecule has 0 aliphatic carbocycles. The van der Waals surface area contributed by atoms with Gasteiger partial charge in [-0.15, -0.1) is 0 Å². The Morgan fingerprint density at radius 1 is 1.05 bits per heavy atom. The topological polar surface area (TPSA) is 20.3 Å². The summed E-state index contributed by atoms with van der Waals surface area (Å²) < 4.78 is 0.998. The molecule has 1 heterocycles. The molecule has 0 bridgehead atoms. The van der Waals surface area contributed by atoms with E-state index in [1.165, 1.54) is 5.56 Å². The van der Waals surface area contributed by atoms with Gasteiger partial charge in [0.2, 0.25) is 0 Å². The van der Waals surface area contributed by atoms with Crippen LogP contribution in [-0.2, 0) is 0 Å². The van der Waals surface area contributed by atoms with Crippen LogP contribution >= 0.6 is 15.9 Å². The van der Waals surface area contributed by atoms with Gasteiger partial charge in [-0.3, -0.25) is 4.79 Å². The Bertz CT molecular complexity index is 594. The molecule has 0 radical (unpaired) electrons. The van der Waals surface area contributed by atoms with E-state index < -0.39 is 0 Å². The van der Waals surface area contributed by atoms with Crippen LogP contribution < -0.4 is 0 Å². The molecule has 2 aromatic rings. The van der Waals surface area contributed by atoms with Crippen molar-refractivity contribution < 1.29 is 4.79 Å². The van der Waals surface area contributed by atoms with Gasteiger partial charge in [0, 0.05) is 29.0 Å². The lowest BCUT2D eigenvalue weighted by atomic mass is 9.99. The molecule has 102 valence electrons. The van der Waals surface area contributed by atoms with Crippen molar-refractivity contribution >= 4 is 21.8 Å². The zero-order valence-corrected chi connectivity index (χ0v) is 12.7. The molecule has 1 saturated heterocycles. The largest absolute Gasteiger partial charge is 0.338 e. The Hall–Kier alpha value is -1.61. The van der Waals surface area contributed by atoms with Crippen LogP contribution in [0, 0.1) is 0 Å². The van der Waals surface area contributed by atoms with Gasteiger partial charge >= 0.3 is 0 Å². The third kappa shape index (κ3) is 2.78. The van der Waals surface area contributed by atoms with E-state index in [4.69, 9.17) is 0 Å². The molecule has 0 saturated carbocycles. The highest BCUT2D eigenvalue weighted by atomic mass is 79.9. The number of amides is 1. The average molecular weight is 330 g/mol. The molecule has 3 rings (SSSR count). The maximum absolute atomic E-state index is 12.4. The maximum atomic E-state index is 12.4. The molecule has 20 heavy (non-hydrogen) atoms. The minimum Gasteiger partial charge on any atom is -0.338 e. The van der Waals surface area contributed by atoms with Crippen molar-refractivity contribution in [3.8, 4) is 0 Å². The molecule has 0 aromatic heterocycles. The van der Waals surface area contributed by atoms with Gasteiger partial charge in [-0.2, -0.15) is 0 Å². The molecular formula is C17H16BrNO. The lowest BCUT2D eigenvalue weighted by molar-refractivity contribution is 0.0791. The average Bonchev–Trinajstić information content (AvgIpc) is 2.98. The number of carbonyl (C=O) groups is 1. The molecule has 2 nitrogen and oxygen atoms in total. The summed E-state index contributed by atoms with van der Waals surface area (Å²) in [5, 5.41) is 0. The number of rotatable bonds is 2. The predicted molar refractivity (Wildman–Crippen MR) is 83.8 cm³/mol. The summed E-state index contributed by atoms with van der Waals surface area (Å²) in [5.74, 6) is 0.603. The van der Waals surface area contributed by atoms with Crippen molar-refractivity contribution in [1.29, 1.82) is 0 Å². The van der Waals surface area contributed by atoms with Crippen LogP contribution in [0.5, 0.6) is 0 Å². The fraction of sp³-hybridized carbons (Fsp3) is 0.235. The van der Waals surface area contributed by atoms with Gasteiger partial charge in [-0.25, -0.2) is 0 Å². The number of hydrogen-bond acceptors (Lipinski definition) is 1. The number of hydrogen-bond donors (Lipinski definition) is 0. The van der Waals surface area contributed by atoms with Crippen LogP contribution in [0.4, 0.5) is 0 Å². The van der Waals surface area contributed by atoms with Crippen molar-refractivity contribution in [2.45, 2.75) is 12.3 Å². The van der Waals surface area contributed by atoms with Crippen molar-refractivity contribution in [2.24, 2.45) is 0 Å². The second-order valence-electron chi connectivity index (χ2n) is 5.15. The van der Waals surface area contributed by atoms with E-state index in [0.29, 0.717) is 5.92 Å². The van der Waals surface area contributed by atoms with E-state index in [1.807, 2.05) is 35.2 Å². The van der Waals surface area contributed by atoms with E-state index in [-0.39, 0.29) is 5.91 Å². The summed E-state index contributed by atoms with van der Waals surface area (Å²) in [6.07, 6.45) is 1.05. The number of benzene rings is 2. The first-order valence-corrected chi connectivity index (χ1v) is 7.63. The summed E-state index contributed by atoms with van der Waals surface area (Å²) in [5.41, 5.74) is 2.10. The molecule has 1 aliphatic rings. The molecule has 0 spiro atoms. The van der Waals surface area contributed by atoms with E-state index in [0.717, 1.165) is 29.5 Å². The number of nitrogens with zero attached hydrogens (tertiary/aromatic N) is 1. The molecule has 1 atom stereocenters. The highest BCUT2D eigenvalue weighted by Gasteiger charge is 2.27. The van der Waals surface area contributed by atoms with Crippen LogP contribution in [0.3, 0.4) is 0 Å². The Kier molecular flexibility index (Phi) is 3.88.